The lowest BCUT2D eigenvalue weighted by atomic mass is 9.92. The zero-order chi connectivity index (χ0) is 12.6. The van der Waals surface area contributed by atoms with Gasteiger partial charge in [-0.15, -0.1) is 5.10 Å². The highest BCUT2D eigenvalue weighted by Gasteiger charge is 2.48. The van der Waals surface area contributed by atoms with Crippen LogP contribution in [0.1, 0.15) is 33.8 Å². The largest absolute Gasteiger partial charge is 0.477 e. The number of aromatic nitrogens is 2. The van der Waals surface area contributed by atoms with Crippen LogP contribution in [0.25, 0.3) is 0 Å². The third-order valence-electron chi connectivity index (χ3n) is 3.42. The van der Waals surface area contributed by atoms with E-state index in [9.17, 15) is 4.79 Å². The molecule has 0 saturated heterocycles. The van der Waals surface area contributed by atoms with Crippen molar-refractivity contribution in [1.82, 2.24) is 9.59 Å². The van der Waals surface area contributed by atoms with Gasteiger partial charge in [-0.1, -0.05) is 34.8 Å². The van der Waals surface area contributed by atoms with Gasteiger partial charge in [-0.2, -0.15) is 0 Å². The number of nitrogens with zero attached hydrogens (tertiary/aromatic N) is 2. The number of rotatable bonds is 4. The number of hydrogen-bond acceptors (Lipinski definition) is 4. The molecule has 0 bridgehead atoms. The maximum absolute atomic E-state index is 11.1. The topological polar surface area (TPSA) is 63.1 Å². The van der Waals surface area contributed by atoms with Gasteiger partial charge in [-0.3, -0.25) is 0 Å². The van der Waals surface area contributed by atoms with E-state index < -0.39 is 5.97 Å². The summed E-state index contributed by atoms with van der Waals surface area (Å²) in [4.78, 5) is 11.4. The molecule has 2 aromatic rings. The molecule has 4 nitrogen and oxygen atoms in total. The van der Waals surface area contributed by atoms with Crippen LogP contribution in [0.5, 0.6) is 0 Å². The van der Waals surface area contributed by atoms with Crippen molar-refractivity contribution in [1.29, 1.82) is 0 Å². The Bertz CT molecular complexity index is 576. The first-order valence-corrected chi connectivity index (χ1v) is 6.59. The maximum atomic E-state index is 11.1. The molecule has 0 radical (unpaired) electrons. The van der Waals surface area contributed by atoms with Gasteiger partial charge in [0.15, 0.2) is 4.88 Å². The molecular weight excluding hydrogens is 248 g/mol. The summed E-state index contributed by atoms with van der Waals surface area (Å²) in [6, 6.07) is 10.1. The van der Waals surface area contributed by atoms with Crippen molar-refractivity contribution in [2.75, 3.05) is 0 Å². The third kappa shape index (κ3) is 1.90. The fourth-order valence-corrected chi connectivity index (χ4v) is 2.94. The van der Waals surface area contributed by atoms with Crippen molar-refractivity contribution < 1.29 is 9.90 Å². The minimum absolute atomic E-state index is 0.0952. The minimum atomic E-state index is -0.917. The molecule has 0 amide bonds. The van der Waals surface area contributed by atoms with Gasteiger partial charge in [0.25, 0.3) is 0 Å². The second-order valence-corrected chi connectivity index (χ2v) is 5.45. The van der Waals surface area contributed by atoms with Crippen LogP contribution in [0, 0.1) is 0 Å². The summed E-state index contributed by atoms with van der Waals surface area (Å²) in [7, 11) is 0. The van der Waals surface area contributed by atoms with E-state index in [2.05, 4.69) is 21.7 Å². The quantitative estimate of drug-likeness (QED) is 0.917. The van der Waals surface area contributed by atoms with Crippen LogP contribution in [-0.4, -0.2) is 20.7 Å². The summed E-state index contributed by atoms with van der Waals surface area (Å²) in [6.45, 7) is 0. The summed E-state index contributed by atoms with van der Waals surface area (Å²) in [5, 5.41) is 13.2. The summed E-state index contributed by atoms with van der Waals surface area (Å²) in [5.41, 5.74) is 1.80. The molecule has 1 aromatic carbocycles. The van der Waals surface area contributed by atoms with Gasteiger partial charge in [0, 0.05) is 5.41 Å². The van der Waals surface area contributed by atoms with E-state index in [1.165, 1.54) is 5.56 Å². The van der Waals surface area contributed by atoms with Gasteiger partial charge >= 0.3 is 5.97 Å². The molecule has 1 aliphatic rings. The molecule has 5 heteroatoms. The lowest BCUT2D eigenvalue weighted by Crippen LogP contribution is -2.15. The van der Waals surface area contributed by atoms with Crippen LogP contribution in [0.2, 0.25) is 0 Å². The predicted octanol–water partition coefficient (Wildman–Crippen LogP) is 2.51. The van der Waals surface area contributed by atoms with Crippen LogP contribution < -0.4 is 0 Å². The summed E-state index contributed by atoms with van der Waals surface area (Å²) < 4.78 is 3.80. The molecule has 1 fully saturated rings. The monoisotopic (exact) mass is 260 g/mol. The van der Waals surface area contributed by atoms with Gasteiger partial charge in [0.2, 0.25) is 0 Å². The van der Waals surface area contributed by atoms with Crippen LogP contribution in [0.15, 0.2) is 30.3 Å². The van der Waals surface area contributed by atoms with Crippen LogP contribution >= 0.6 is 11.5 Å². The second kappa shape index (κ2) is 4.17. The Hall–Kier alpha value is -1.75. The number of hydrogen-bond donors (Lipinski definition) is 1. The Labute approximate surface area is 108 Å². The maximum Gasteiger partial charge on any atom is 0.349 e. The molecule has 18 heavy (non-hydrogen) atoms. The van der Waals surface area contributed by atoms with Crippen molar-refractivity contribution in [3.63, 3.8) is 0 Å². The molecule has 0 spiro atoms. The highest BCUT2D eigenvalue weighted by Crippen LogP contribution is 2.51. The summed E-state index contributed by atoms with van der Waals surface area (Å²) in [6.07, 6.45) is 2.83. The third-order valence-corrected chi connectivity index (χ3v) is 4.14. The van der Waals surface area contributed by atoms with E-state index in [-0.39, 0.29) is 5.41 Å². The fraction of sp³-hybridized carbons (Fsp3) is 0.308. The minimum Gasteiger partial charge on any atom is -0.477 e. The standard InChI is InChI=1S/C13H12N2O2S/c16-12(17)10-11(14-15-18-10)13(6-7-13)8-9-4-2-1-3-5-9/h1-5H,6-8H2,(H,16,17). The van der Waals surface area contributed by atoms with Crippen molar-refractivity contribution in [2.24, 2.45) is 0 Å². The lowest BCUT2D eigenvalue weighted by molar-refractivity contribution is 0.0700. The molecule has 92 valence electrons. The average molecular weight is 260 g/mol. The van der Waals surface area contributed by atoms with E-state index in [1.54, 1.807) is 0 Å². The molecule has 3 rings (SSSR count). The van der Waals surface area contributed by atoms with Gasteiger partial charge in [0.05, 0.1) is 5.69 Å². The lowest BCUT2D eigenvalue weighted by Gasteiger charge is -2.12. The van der Waals surface area contributed by atoms with Gasteiger partial charge in [0.1, 0.15) is 0 Å². The molecule has 1 aromatic heterocycles. The van der Waals surface area contributed by atoms with E-state index in [0.717, 1.165) is 30.8 Å². The van der Waals surface area contributed by atoms with Crippen molar-refractivity contribution >= 4 is 17.5 Å². The van der Waals surface area contributed by atoms with Gasteiger partial charge < -0.3 is 5.11 Å². The fourth-order valence-electron chi connectivity index (χ4n) is 2.31. The van der Waals surface area contributed by atoms with E-state index >= 15 is 0 Å². The smallest absolute Gasteiger partial charge is 0.349 e. The number of carboxylic acid groups (broad SMARTS) is 1. The number of carbonyl (C=O) groups is 1. The van der Waals surface area contributed by atoms with E-state index in [1.807, 2.05) is 18.2 Å². The molecule has 0 aliphatic heterocycles. The Morgan fingerprint density at radius 2 is 2.06 bits per heavy atom. The van der Waals surface area contributed by atoms with Crippen LogP contribution in [0.4, 0.5) is 0 Å². The van der Waals surface area contributed by atoms with Crippen LogP contribution in [0.3, 0.4) is 0 Å². The number of benzene rings is 1. The Morgan fingerprint density at radius 3 is 2.67 bits per heavy atom. The summed E-state index contributed by atoms with van der Waals surface area (Å²) >= 11 is 0.974. The van der Waals surface area contributed by atoms with E-state index in [4.69, 9.17) is 5.11 Å². The molecule has 1 aliphatic carbocycles. The first-order chi connectivity index (χ1) is 8.71. The molecular formula is C13H12N2O2S. The van der Waals surface area contributed by atoms with E-state index in [0.29, 0.717) is 10.6 Å². The number of carboxylic acids is 1. The predicted molar refractivity (Wildman–Crippen MR) is 67.9 cm³/mol. The molecule has 0 unspecified atom stereocenters. The Morgan fingerprint density at radius 1 is 1.33 bits per heavy atom. The molecule has 1 heterocycles. The first kappa shape index (κ1) is 11.3. The highest BCUT2D eigenvalue weighted by molar-refractivity contribution is 7.07. The van der Waals surface area contributed by atoms with Gasteiger partial charge in [-0.25, -0.2) is 4.79 Å². The summed E-state index contributed by atoms with van der Waals surface area (Å²) in [5.74, 6) is -0.917. The van der Waals surface area contributed by atoms with Crippen molar-refractivity contribution in [2.45, 2.75) is 24.7 Å². The molecule has 1 N–H and O–H groups in total. The SMILES string of the molecule is O=C(O)c1snnc1C1(Cc2ccccc2)CC1. The molecule has 1 saturated carbocycles. The molecule has 0 atom stereocenters. The Kier molecular flexibility index (Phi) is 2.63. The normalized spacial score (nSPS) is 16.4. The van der Waals surface area contributed by atoms with Crippen molar-refractivity contribution in [3.05, 3.63) is 46.5 Å². The Balaban J connectivity index is 1.91. The number of aromatic carboxylic acids is 1. The second-order valence-electron chi connectivity index (χ2n) is 4.70. The average Bonchev–Trinajstić information content (AvgIpc) is 2.96. The zero-order valence-electron chi connectivity index (χ0n) is 9.67. The first-order valence-electron chi connectivity index (χ1n) is 5.81. The van der Waals surface area contributed by atoms with Crippen molar-refractivity contribution in [3.8, 4) is 0 Å². The van der Waals surface area contributed by atoms with Crippen LogP contribution in [-0.2, 0) is 11.8 Å². The zero-order valence-corrected chi connectivity index (χ0v) is 10.5. The highest BCUT2D eigenvalue weighted by atomic mass is 32.1. The van der Waals surface area contributed by atoms with Gasteiger partial charge in [-0.05, 0) is 36.4 Å².